The molecule has 0 spiro atoms. The molecule has 0 aliphatic carbocycles. The Balaban J connectivity index is 2.28. The Morgan fingerprint density at radius 1 is 1.44 bits per heavy atom. The summed E-state index contributed by atoms with van der Waals surface area (Å²) in [4.78, 5) is 2.20. The highest BCUT2D eigenvalue weighted by atomic mass is 16.5. The van der Waals surface area contributed by atoms with Crippen molar-refractivity contribution in [3.8, 4) is 0 Å². The fourth-order valence-corrected chi connectivity index (χ4v) is 2.37. The number of hydrogen-bond acceptors (Lipinski definition) is 4. The van der Waals surface area contributed by atoms with Gasteiger partial charge in [-0.25, -0.2) is 0 Å². The van der Waals surface area contributed by atoms with Crippen molar-refractivity contribution >= 4 is 5.69 Å². The summed E-state index contributed by atoms with van der Waals surface area (Å²) >= 11 is 0. The highest BCUT2D eigenvalue weighted by molar-refractivity contribution is 5.55. The van der Waals surface area contributed by atoms with Gasteiger partial charge < -0.3 is 19.8 Å². The van der Waals surface area contributed by atoms with Crippen molar-refractivity contribution in [3.63, 3.8) is 0 Å². The minimum absolute atomic E-state index is 0.0278. The number of morpholine rings is 1. The number of aliphatic hydroxyl groups excluding tert-OH is 2. The fraction of sp³-hybridized carbons (Fsp3) is 0.571. The smallest absolute Gasteiger partial charge is 0.0981 e. The molecule has 4 heteroatoms. The molecule has 0 saturated carbocycles. The minimum atomic E-state index is -0.496. The lowest BCUT2D eigenvalue weighted by molar-refractivity contribution is -0.0104. The predicted octanol–water partition coefficient (Wildman–Crippen LogP) is 1.33. The van der Waals surface area contributed by atoms with Gasteiger partial charge in [-0.3, -0.25) is 0 Å². The Labute approximate surface area is 108 Å². The van der Waals surface area contributed by atoms with E-state index in [4.69, 9.17) is 4.74 Å². The quantitative estimate of drug-likeness (QED) is 0.851. The average molecular weight is 251 g/mol. The molecule has 1 aromatic carbocycles. The van der Waals surface area contributed by atoms with Gasteiger partial charge in [0.2, 0.25) is 0 Å². The van der Waals surface area contributed by atoms with E-state index < -0.39 is 6.10 Å². The number of rotatable bonds is 3. The van der Waals surface area contributed by atoms with Crippen molar-refractivity contribution in [2.24, 2.45) is 0 Å². The van der Waals surface area contributed by atoms with Crippen LogP contribution in [0.2, 0.25) is 0 Å². The minimum Gasteiger partial charge on any atom is -0.394 e. The molecular weight excluding hydrogens is 230 g/mol. The van der Waals surface area contributed by atoms with Gasteiger partial charge >= 0.3 is 0 Å². The SMILES string of the molecule is CC1COC(CO)CN1c1ccccc1[C@@H](C)O. The molecular formula is C14H21NO3. The summed E-state index contributed by atoms with van der Waals surface area (Å²) in [5.41, 5.74) is 1.95. The van der Waals surface area contributed by atoms with E-state index in [0.717, 1.165) is 11.3 Å². The van der Waals surface area contributed by atoms with E-state index >= 15 is 0 Å². The van der Waals surface area contributed by atoms with Gasteiger partial charge in [-0.1, -0.05) is 18.2 Å². The molecule has 2 rings (SSSR count). The highest BCUT2D eigenvalue weighted by Crippen LogP contribution is 2.29. The van der Waals surface area contributed by atoms with E-state index in [-0.39, 0.29) is 18.8 Å². The van der Waals surface area contributed by atoms with Gasteiger partial charge in [-0.15, -0.1) is 0 Å². The lowest BCUT2D eigenvalue weighted by Crippen LogP contribution is -2.50. The number of ether oxygens (including phenoxy) is 1. The number of benzene rings is 1. The van der Waals surface area contributed by atoms with Crippen molar-refractivity contribution in [2.45, 2.75) is 32.1 Å². The van der Waals surface area contributed by atoms with E-state index in [9.17, 15) is 10.2 Å². The van der Waals surface area contributed by atoms with E-state index in [1.165, 1.54) is 0 Å². The second-order valence-electron chi connectivity index (χ2n) is 4.87. The van der Waals surface area contributed by atoms with Crippen molar-refractivity contribution in [3.05, 3.63) is 29.8 Å². The first-order valence-electron chi connectivity index (χ1n) is 6.39. The van der Waals surface area contributed by atoms with Crippen LogP contribution in [0.3, 0.4) is 0 Å². The maximum absolute atomic E-state index is 9.84. The molecule has 1 saturated heterocycles. The largest absolute Gasteiger partial charge is 0.394 e. The molecule has 1 heterocycles. The van der Waals surface area contributed by atoms with Crippen molar-refractivity contribution in [2.75, 3.05) is 24.7 Å². The molecule has 1 aliphatic rings. The second-order valence-corrected chi connectivity index (χ2v) is 4.87. The predicted molar refractivity (Wildman–Crippen MR) is 70.7 cm³/mol. The van der Waals surface area contributed by atoms with Gasteiger partial charge in [0.15, 0.2) is 0 Å². The number of aliphatic hydroxyl groups is 2. The first kappa shape index (κ1) is 13.3. The van der Waals surface area contributed by atoms with Crippen LogP contribution in [0, 0.1) is 0 Å². The number of para-hydroxylation sites is 1. The van der Waals surface area contributed by atoms with Crippen molar-refractivity contribution in [1.82, 2.24) is 0 Å². The standard InChI is InChI=1S/C14H21NO3/c1-10-9-18-12(8-16)7-15(10)14-6-4-3-5-13(14)11(2)17/h3-6,10-12,16-17H,7-9H2,1-2H3/t10?,11-,12?/m1/s1. The molecule has 0 amide bonds. The number of nitrogens with zero attached hydrogens (tertiary/aromatic N) is 1. The fourth-order valence-electron chi connectivity index (χ4n) is 2.37. The van der Waals surface area contributed by atoms with Crippen LogP contribution < -0.4 is 4.90 Å². The van der Waals surface area contributed by atoms with Crippen LogP contribution in [0.4, 0.5) is 5.69 Å². The second kappa shape index (κ2) is 5.69. The molecule has 0 aromatic heterocycles. The van der Waals surface area contributed by atoms with Gasteiger partial charge in [-0.2, -0.15) is 0 Å². The Morgan fingerprint density at radius 3 is 2.83 bits per heavy atom. The normalized spacial score (nSPS) is 26.1. The van der Waals surface area contributed by atoms with Crippen LogP contribution in [0.15, 0.2) is 24.3 Å². The molecule has 1 aromatic rings. The monoisotopic (exact) mass is 251 g/mol. The van der Waals surface area contributed by atoms with Gasteiger partial charge in [0.05, 0.1) is 25.4 Å². The lowest BCUT2D eigenvalue weighted by Gasteiger charge is -2.40. The molecule has 1 aliphatic heterocycles. The Hall–Kier alpha value is -1.10. The summed E-state index contributed by atoms with van der Waals surface area (Å²) in [7, 11) is 0. The van der Waals surface area contributed by atoms with Crippen molar-refractivity contribution in [1.29, 1.82) is 0 Å². The van der Waals surface area contributed by atoms with Crippen LogP contribution in [0.1, 0.15) is 25.5 Å². The zero-order chi connectivity index (χ0) is 13.1. The molecule has 100 valence electrons. The van der Waals surface area contributed by atoms with E-state index in [1.807, 2.05) is 24.3 Å². The van der Waals surface area contributed by atoms with E-state index in [0.29, 0.717) is 13.2 Å². The number of hydrogen-bond donors (Lipinski definition) is 2. The van der Waals surface area contributed by atoms with Gasteiger partial charge in [0.1, 0.15) is 0 Å². The number of anilines is 1. The molecule has 0 radical (unpaired) electrons. The van der Waals surface area contributed by atoms with E-state index in [2.05, 4.69) is 11.8 Å². The van der Waals surface area contributed by atoms with Crippen molar-refractivity contribution < 1.29 is 14.9 Å². The Bertz CT molecular complexity index is 394. The molecule has 3 atom stereocenters. The summed E-state index contributed by atoms with van der Waals surface area (Å²) in [6.07, 6.45) is -0.646. The molecule has 18 heavy (non-hydrogen) atoms. The van der Waals surface area contributed by atoms with Gasteiger partial charge in [0.25, 0.3) is 0 Å². The van der Waals surface area contributed by atoms with E-state index in [1.54, 1.807) is 6.92 Å². The van der Waals surface area contributed by atoms with Crippen LogP contribution >= 0.6 is 0 Å². The summed E-state index contributed by atoms with van der Waals surface area (Å²) in [6.45, 7) is 5.14. The highest BCUT2D eigenvalue weighted by Gasteiger charge is 2.27. The summed E-state index contributed by atoms with van der Waals surface area (Å²) in [6, 6.07) is 8.10. The molecule has 1 fully saturated rings. The zero-order valence-corrected chi connectivity index (χ0v) is 10.9. The zero-order valence-electron chi connectivity index (χ0n) is 10.9. The maximum atomic E-state index is 9.84. The van der Waals surface area contributed by atoms with Crippen LogP contribution in [0.5, 0.6) is 0 Å². The third kappa shape index (κ3) is 2.66. The topological polar surface area (TPSA) is 52.9 Å². The Kier molecular flexibility index (Phi) is 4.22. The lowest BCUT2D eigenvalue weighted by atomic mass is 10.0. The first-order chi connectivity index (χ1) is 8.63. The maximum Gasteiger partial charge on any atom is 0.0981 e. The summed E-state index contributed by atoms with van der Waals surface area (Å²) < 4.78 is 5.54. The average Bonchev–Trinajstić information content (AvgIpc) is 2.39. The third-order valence-corrected chi connectivity index (χ3v) is 3.41. The summed E-state index contributed by atoms with van der Waals surface area (Å²) in [5.74, 6) is 0. The van der Waals surface area contributed by atoms with Crippen LogP contribution in [0.25, 0.3) is 0 Å². The Morgan fingerprint density at radius 2 is 2.17 bits per heavy atom. The molecule has 4 nitrogen and oxygen atoms in total. The summed E-state index contributed by atoms with van der Waals surface area (Å²) in [5, 5.41) is 19.1. The molecule has 2 unspecified atom stereocenters. The molecule has 2 N–H and O–H groups in total. The van der Waals surface area contributed by atoms with Crippen LogP contribution in [-0.2, 0) is 4.74 Å². The van der Waals surface area contributed by atoms with Gasteiger partial charge in [-0.05, 0) is 19.9 Å². The van der Waals surface area contributed by atoms with Gasteiger partial charge in [0, 0.05) is 23.8 Å². The third-order valence-electron chi connectivity index (χ3n) is 3.41. The first-order valence-corrected chi connectivity index (χ1v) is 6.39. The van der Waals surface area contributed by atoms with Crippen LogP contribution in [-0.4, -0.2) is 42.1 Å². The molecule has 0 bridgehead atoms.